The van der Waals surface area contributed by atoms with Crippen LogP contribution in [0.2, 0.25) is 0 Å². The molecule has 1 aliphatic heterocycles. The molecule has 1 heterocycles. The molecule has 0 spiro atoms. The number of carbonyl (C=O) groups is 2. The Hall–Kier alpha value is -1.84. The molecular formula is C17H22O4. The van der Waals surface area contributed by atoms with E-state index in [-0.39, 0.29) is 0 Å². The van der Waals surface area contributed by atoms with Gasteiger partial charge in [-0.2, -0.15) is 0 Å². The van der Waals surface area contributed by atoms with Crippen LogP contribution >= 0.6 is 0 Å². The monoisotopic (exact) mass is 290 g/mol. The van der Waals surface area contributed by atoms with E-state index >= 15 is 0 Å². The molecule has 0 saturated carbocycles. The second-order valence-corrected chi connectivity index (χ2v) is 6.26. The van der Waals surface area contributed by atoms with Crippen molar-refractivity contribution in [2.45, 2.75) is 52.2 Å². The maximum Gasteiger partial charge on any atom is 0.324 e. The molecule has 114 valence electrons. The van der Waals surface area contributed by atoms with Crippen molar-refractivity contribution >= 4 is 11.9 Å². The minimum Gasteiger partial charge on any atom is -0.422 e. The molecule has 1 atom stereocenters. The van der Waals surface area contributed by atoms with Gasteiger partial charge in [-0.25, -0.2) is 0 Å². The summed E-state index contributed by atoms with van der Waals surface area (Å²) in [6, 6.07) is 7.79. The molecule has 1 fully saturated rings. The lowest BCUT2D eigenvalue weighted by atomic mass is 9.68. The van der Waals surface area contributed by atoms with E-state index in [0.29, 0.717) is 6.42 Å². The van der Waals surface area contributed by atoms with Gasteiger partial charge in [0.05, 0.1) is 0 Å². The van der Waals surface area contributed by atoms with Crippen LogP contribution in [0, 0.1) is 12.8 Å². The van der Waals surface area contributed by atoms with Crippen LogP contribution in [0.3, 0.4) is 0 Å². The fraction of sp³-hybridized carbons (Fsp3) is 0.529. The van der Waals surface area contributed by atoms with Crippen molar-refractivity contribution in [3.63, 3.8) is 0 Å². The third kappa shape index (κ3) is 2.67. The minimum absolute atomic E-state index is 0.510. The molecule has 1 saturated heterocycles. The zero-order valence-electron chi connectivity index (χ0n) is 13.2. The van der Waals surface area contributed by atoms with Gasteiger partial charge in [0, 0.05) is 19.3 Å². The van der Waals surface area contributed by atoms with E-state index in [1.54, 1.807) is 13.8 Å². The quantitative estimate of drug-likeness (QED) is 0.634. The summed E-state index contributed by atoms with van der Waals surface area (Å²) in [6.45, 7) is 8.99. The fourth-order valence-corrected chi connectivity index (χ4v) is 3.00. The SMILES string of the molecule is CC[C@@](C)(c1ccccc1C)C1C(=O)OC(C)(C)OC1=O. The van der Waals surface area contributed by atoms with Crippen molar-refractivity contribution in [1.29, 1.82) is 0 Å². The van der Waals surface area contributed by atoms with Gasteiger partial charge in [0.15, 0.2) is 5.92 Å². The number of aryl methyl sites for hydroxylation is 1. The Morgan fingerprint density at radius 3 is 2.14 bits per heavy atom. The van der Waals surface area contributed by atoms with Crippen molar-refractivity contribution < 1.29 is 19.1 Å². The molecule has 0 amide bonds. The molecule has 2 rings (SSSR count). The van der Waals surface area contributed by atoms with E-state index in [4.69, 9.17) is 9.47 Å². The Balaban J connectivity index is 2.48. The summed E-state index contributed by atoms with van der Waals surface area (Å²) >= 11 is 0. The number of hydrogen-bond acceptors (Lipinski definition) is 4. The predicted octanol–water partition coefficient (Wildman–Crippen LogP) is 3.12. The van der Waals surface area contributed by atoms with E-state index in [9.17, 15) is 9.59 Å². The number of rotatable bonds is 3. The molecule has 4 heteroatoms. The normalized spacial score (nSPS) is 21.4. The number of esters is 2. The summed E-state index contributed by atoms with van der Waals surface area (Å²) in [5.74, 6) is -3.14. The second-order valence-electron chi connectivity index (χ2n) is 6.26. The van der Waals surface area contributed by atoms with Gasteiger partial charge in [0.25, 0.3) is 5.79 Å². The molecule has 21 heavy (non-hydrogen) atoms. The second kappa shape index (κ2) is 5.17. The Morgan fingerprint density at radius 2 is 1.67 bits per heavy atom. The summed E-state index contributed by atoms with van der Waals surface area (Å²) in [4.78, 5) is 24.8. The van der Waals surface area contributed by atoms with Crippen LogP contribution in [-0.4, -0.2) is 17.7 Å². The zero-order valence-corrected chi connectivity index (χ0v) is 13.2. The number of benzene rings is 1. The molecule has 1 aromatic rings. The first kappa shape index (κ1) is 15.5. The molecule has 0 unspecified atom stereocenters. The lowest BCUT2D eigenvalue weighted by molar-refractivity contribution is -0.243. The Kier molecular flexibility index (Phi) is 3.83. The first-order chi connectivity index (χ1) is 9.71. The molecule has 0 bridgehead atoms. The van der Waals surface area contributed by atoms with E-state index in [2.05, 4.69) is 0 Å². The highest BCUT2D eigenvalue weighted by Crippen LogP contribution is 2.41. The molecule has 0 aromatic heterocycles. The maximum absolute atomic E-state index is 12.4. The van der Waals surface area contributed by atoms with Crippen LogP contribution in [0.15, 0.2) is 24.3 Å². The van der Waals surface area contributed by atoms with E-state index in [1.807, 2.05) is 45.0 Å². The number of ether oxygens (including phenoxy) is 2. The third-order valence-electron chi connectivity index (χ3n) is 4.30. The first-order valence-electron chi connectivity index (χ1n) is 7.23. The Morgan fingerprint density at radius 1 is 1.14 bits per heavy atom. The molecule has 1 aliphatic rings. The zero-order chi connectivity index (χ0) is 15.8. The van der Waals surface area contributed by atoms with Crippen molar-refractivity contribution in [3.05, 3.63) is 35.4 Å². The van der Waals surface area contributed by atoms with E-state index in [1.165, 1.54) is 0 Å². The molecule has 0 N–H and O–H groups in total. The smallest absolute Gasteiger partial charge is 0.324 e. The van der Waals surface area contributed by atoms with Gasteiger partial charge in [-0.15, -0.1) is 0 Å². The standard InChI is InChI=1S/C17H22O4/c1-6-17(5,12-10-8-7-9-11(12)2)13-14(18)20-16(3,4)21-15(13)19/h7-10,13H,6H2,1-5H3/t17-/m0/s1. The van der Waals surface area contributed by atoms with Crippen LogP contribution in [-0.2, 0) is 24.5 Å². The molecule has 0 radical (unpaired) electrons. The van der Waals surface area contributed by atoms with Crippen molar-refractivity contribution in [3.8, 4) is 0 Å². The summed E-state index contributed by atoms with van der Waals surface area (Å²) in [5, 5.41) is 0. The van der Waals surface area contributed by atoms with E-state index < -0.39 is 29.1 Å². The first-order valence-corrected chi connectivity index (χ1v) is 7.23. The van der Waals surface area contributed by atoms with Gasteiger partial charge < -0.3 is 9.47 Å². The van der Waals surface area contributed by atoms with Crippen LogP contribution in [0.25, 0.3) is 0 Å². The average molecular weight is 290 g/mol. The summed E-state index contributed by atoms with van der Waals surface area (Å²) in [7, 11) is 0. The summed E-state index contributed by atoms with van der Waals surface area (Å²) in [5.41, 5.74) is 1.38. The highest BCUT2D eigenvalue weighted by molar-refractivity contribution is 5.98. The number of hydrogen-bond donors (Lipinski definition) is 0. The van der Waals surface area contributed by atoms with Crippen molar-refractivity contribution in [2.75, 3.05) is 0 Å². The topological polar surface area (TPSA) is 52.6 Å². The van der Waals surface area contributed by atoms with Crippen LogP contribution < -0.4 is 0 Å². The lowest BCUT2D eigenvalue weighted by Crippen LogP contribution is -2.53. The van der Waals surface area contributed by atoms with E-state index in [0.717, 1.165) is 11.1 Å². The number of carbonyl (C=O) groups excluding carboxylic acids is 2. The largest absolute Gasteiger partial charge is 0.422 e. The van der Waals surface area contributed by atoms with Crippen LogP contribution in [0.1, 0.15) is 45.2 Å². The lowest BCUT2D eigenvalue weighted by Gasteiger charge is -2.41. The maximum atomic E-state index is 12.4. The van der Waals surface area contributed by atoms with Gasteiger partial charge in [-0.05, 0) is 24.5 Å². The summed E-state index contributed by atoms with van der Waals surface area (Å²) in [6.07, 6.45) is 0.632. The van der Waals surface area contributed by atoms with Crippen molar-refractivity contribution in [2.24, 2.45) is 5.92 Å². The highest BCUT2D eigenvalue weighted by Gasteiger charge is 2.52. The Labute approximate surface area is 125 Å². The average Bonchev–Trinajstić information content (AvgIpc) is 2.36. The fourth-order valence-electron chi connectivity index (χ4n) is 3.00. The Bertz CT molecular complexity index is 556. The molecule has 4 nitrogen and oxygen atoms in total. The summed E-state index contributed by atoms with van der Waals surface area (Å²) < 4.78 is 10.6. The van der Waals surface area contributed by atoms with Crippen molar-refractivity contribution in [1.82, 2.24) is 0 Å². The third-order valence-corrected chi connectivity index (χ3v) is 4.30. The van der Waals surface area contributed by atoms with Gasteiger partial charge in [-0.1, -0.05) is 38.1 Å². The molecule has 0 aliphatic carbocycles. The van der Waals surface area contributed by atoms with Gasteiger partial charge in [0.1, 0.15) is 0 Å². The van der Waals surface area contributed by atoms with Gasteiger partial charge >= 0.3 is 11.9 Å². The van der Waals surface area contributed by atoms with Crippen LogP contribution in [0.4, 0.5) is 0 Å². The number of cyclic esters (lactones) is 2. The molecule has 1 aromatic carbocycles. The van der Waals surface area contributed by atoms with Gasteiger partial charge in [-0.3, -0.25) is 9.59 Å². The highest BCUT2D eigenvalue weighted by atomic mass is 16.7. The molecular weight excluding hydrogens is 268 g/mol. The van der Waals surface area contributed by atoms with Crippen LogP contribution in [0.5, 0.6) is 0 Å². The predicted molar refractivity (Wildman–Crippen MR) is 78.6 cm³/mol. The van der Waals surface area contributed by atoms with Gasteiger partial charge in [0.2, 0.25) is 0 Å². The minimum atomic E-state index is -1.19.